The van der Waals surface area contributed by atoms with Gasteiger partial charge in [-0.3, -0.25) is 9.80 Å². The van der Waals surface area contributed by atoms with Crippen molar-refractivity contribution in [3.05, 3.63) is 0 Å². The Bertz CT molecular complexity index is 874. The average Bonchev–Trinajstić information content (AvgIpc) is 3.38. The van der Waals surface area contributed by atoms with Crippen LogP contribution in [-0.4, -0.2) is 287 Å². The lowest BCUT2D eigenvalue weighted by Crippen LogP contribution is -2.45. The normalized spacial score (nSPS) is 23.9. The van der Waals surface area contributed by atoms with E-state index in [1.54, 1.807) is 0 Å². The molecule has 0 spiro atoms. The third kappa shape index (κ3) is 37.3. The van der Waals surface area contributed by atoms with Gasteiger partial charge in [0.05, 0.1) is 39.6 Å². The van der Waals surface area contributed by atoms with E-state index in [0.717, 1.165) is 78.9 Å². The molecule has 8 rings (SSSR count). The summed E-state index contributed by atoms with van der Waals surface area (Å²) in [6.45, 7) is 51.1. The van der Waals surface area contributed by atoms with Crippen LogP contribution in [0.3, 0.4) is 0 Å². The number of piperidine rings is 3. The number of nitrogens with zero attached hydrogens (tertiary/aromatic N) is 10. The topological polar surface area (TPSA) is 60.1 Å². The summed E-state index contributed by atoms with van der Waals surface area (Å²) in [5.41, 5.74) is 0. The zero-order chi connectivity index (χ0) is 48.3. The lowest BCUT2D eigenvalue weighted by atomic mass is 10.1. The van der Waals surface area contributed by atoms with Crippen LogP contribution in [0.1, 0.15) is 112 Å². The first kappa shape index (κ1) is 63.5. The summed E-state index contributed by atoms with van der Waals surface area (Å²) < 4.78 is 15.5. The van der Waals surface area contributed by atoms with Crippen molar-refractivity contribution in [1.82, 2.24) is 49.0 Å². The minimum absolute atomic E-state index is 0.913. The number of piperazine rings is 2. The van der Waals surface area contributed by atoms with Crippen molar-refractivity contribution in [2.75, 3.05) is 238 Å². The Morgan fingerprint density at radius 1 is 0.242 bits per heavy atom. The summed E-state index contributed by atoms with van der Waals surface area (Å²) >= 11 is 0. The molecule has 0 radical (unpaired) electrons. The first-order chi connectivity index (χ1) is 32.2. The van der Waals surface area contributed by atoms with E-state index in [0.29, 0.717) is 0 Å². The number of morpholine rings is 3. The second kappa shape index (κ2) is 45.6. The van der Waals surface area contributed by atoms with Crippen LogP contribution in [0.5, 0.6) is 0 Å². The third-order valence-corrected chi connectivity index (χ3v) is 14.0. The van der Waals surface area contributed by atoms with E-state index in [4.69, 9.17) is 14.2 Å². The average molecular weight is 942 g/mol. The number of hydrogen-bond donors (Lipinski definition) is 0. The van der Waals surface area contributed by atoms with E-state index in [-0.39, 0.29) is 0 Å². The van der Waals surface area contributed by atoms with Crippen molar-refractivity contribution in [2.45, 2.75) is 112 Å². The van der Waals surface area contributed by atoms with Gasteiger partial charge in [-0.1, -0.05) is 60.8 Å². The Balaban J connectivity index is 0.000000378. The smallest absolute Gasteiger partial charge is 0.0594 e. The van der Waals surface area contributed by atoms with Crippen LogP contribution in [0.25, 0.3) is 0 Å². The molecule has 396 valence electrons. The fourth-order valence-electron chi connectivity index (χ4n) is 8.87. The molecule has 13 nitrogen and oxygen atoms in total. The molecule has 0 amide bonds. The highest BCUT2D eigenvalue weighted by atomic mass is 16.5. The molecule has 0 N–H and O–H groups in total. The third-order valence-electron chi connectivity index (χ3n) is 14.0. The van der Waals surface area contributed by atoms with Gasteiger partial charge in [0.15, 0.2) is 0 Å². The Morgan fingerprint density at radius 2 is 0.485 bits per heavy atom. The van der Waals surface area contributed by atoms with Gasteiger partial charge in [0.2, 0.25) is 0 Å². The molecule has 8 aliphatic heterocycles. The number of hydrogen-bond acceptors (Lipinski definition) is 13. The van der Waals surface area contributed by atoms with Gasteiger partial charge < -0.3 is 53.4 Å². The van der Waals surface area contributed by atoms with Gasteiger partial charge in [0.25, 0.3) is 0 Å². The van der Waals surface area contributed by atoms with Crippen LogP contribution in [0.4, 0.5) is 0 Å². The molecule has 8 heterocycles. The van der Waals surface area contributed by atoms with E-state index in [9.17, 15) is 0 Å². The maximum absolute atomic E-state index is 5.20. The fourth-order valence-corrected chi connectivity index (χ4v) is 8.87. The molecular weight excluding hydrogens is 825 g/mol. The SMILES string of the molecule is CCCN1CCCCC1.CCCN1CCOCC1.CCN1CCCCC1.CCN1CCN(CC)CC1.CCN1CCOCC1.CN1CCCCC1.CN1CCN(C)CC1.CN1CCOCC1. The van der Waals surface area contributed by atoms with E-state index >= 15 is 0 Å². The van der Waals surface area contributed by atoms with E-state index < -0.39 is 0 Å². The molecule has 0 aromatic carbocycles. The maximum Gasteiger partial charge on any atom is 0.0594 e. The molecule has 0 atom stereocenters. The van der Waals surface area contributed by atoms with Gasteiger partial charge >= 0.3 is 0 Å². The molecule has 8 aliphatic rings. The summed E-state index contributed by atoms with van der Waals surface area (Å²) in [5.74, 6) is 0. The fraction of sp³-hybridized carbons (Fsp3) is 1.00. The molecule has 0 unspecified atom stereocenters. The quantitative estimate of drug-likeness (QED) is 0.287. The van der Waals surface area contributed by atoms with Gasteiger partial charge in [-0.05, 0) is 158 Å². The number of ether oxygens (including phenoxy) is 3. The highest BCUT2D eigenvalue weighted by Crippen LogP contribution is 2.09. The monoisotopic (exact) mass is 941 g/mol. The number of likely N-dealkylation sites (tertiary alicyclic amines) is 3. The molecule has 0 saturated carbocycles. The summed E-state index contributed by atoms with van der Waals surface area (Å²) in [4.78, 5) is 24.3. The lowest BCUT2D eigenvalue weighted by Gasteiger charge is -2.33. The predicted molar refractivity (Wildman–Crippen MR) is 286 cm³/mol. The van der Waals surface area contributed by atoms with Crippen molar-refractivity contribution in [2.24, 2.45) is 0 Å². The standard InChI is InChI=1S/C8H18N2.C8H17N.C7H15NO.C7H15N.C6H14N2.C6H13NO.C6H13N.C5H11NO/c1-3-9-5-7-10(4-2)8-6-9;1-2-6-9-7-4-3-5-8-9;1-2-3-8-4-6-9-7-5-8;1-2-8-6-4-3-5-7-8;1-7-3-5-8(2)6-4-7;1-2-7-3-5-8-6-4-7;1-7-5-3-2-4-6-7;1-6-2-4-7-5-3-6/h3-8H2,1-2H3;2-8H2,1H3;2-7H2,1H3;2-7H2,1H3;3-6H2,1-2H3;2-6H2,1H3;2-6H2,1H3;2-5H2,1H3. The van der Waals surface area contributed by atoms with E-state index in [1.807, 2.05) is 0 Å². The van der Waals surface area contributed by atoms with Crippen LogP contribution >= 0.6 is 0 Å². The molecule has 8 fully saturated rings. The van der Waals surface area contributed by atoms with Crippen LogP contribution in [0.15, 0.2) is 0 Å². The Morgan fingerprint density at radius 3 is 0.742 bits per heavy atom. The van der Waals surface area contributed by atoms with Crippen molar-refractivity contribution in [3.63, 3.8) is 0 Å². The molecule has 0 aliphatic carbocycles. The molecule has 0 aromatic heterocycles. The molecular formula is C53H116N10O3. The summed E-state index contributed by atoms with van der Waals surface area (Å²) in [5, 5.41) is 0. The minimum atomic E-state index is 0.913. The number of rotatable bonds is 8. The van der Waals surface area contributed by atoms with E-state index in [1.165, 1.54) is 202 Å². The largest absolute Gasteiger partial charge is 0.379 e. The predicted octanol–water partition coefficient (Wildman–Crippen LogP) is 6.00. The van der Waals surface area contributed by atoms with E-state index in [2.05, 4.69) is 119 Å². The lowest BCUT2D eigenvalue weighted by molar-refractivity contribution is 0.0380. The Kier molecular flexibility index (Phi) is 43.9. The Labute approximate surface area is 412 Å². The van der Waals surface area contributed by atoms with Gasteiger partial charge in [-0.15, -0.1) is 0 Å². The van der Waals surface area contributed by atoms with Crippen LogP contribution < -0.4 is 0 Å². The van der Waals surface area contributed by atoms with Crippen molar-refractivity contribution in [3.8, 4) is 0 Å². The minimum Gasteiger partial charge on any atom is -0.379 e. The van der Waals surface area contributed by atoms with Gasteiger partial charge in [-0.2, -0.15) is 0 Å². The van der Waals surface area contributed by atoms with Crippen molar-refractivity contribution < 1.29 is 14.2 Å². The highest BCUT2D eigenvalue weighted by molar-refractivity contribution is 4.70. The summed E-state index contributed by atoms with van der Waals surface area (Å²) in [6.07, 6.45) is 15.5. The summed E-state index contributed by atoms with van der Waals surface area (Å²) in [6, 6.07) is 0. The first-order valence-electron chi connectivity index (χ1n) is 28.0. The van der Waals surface area contributed by atoms with Crippen molar-refractivity contribution in [1.29, 1.82) is 0 Å². The maximum atomic E-state index is 5.20. The second-order valence-corrected chi connectivity index (χ2v) is 19.7. The Hall–Kier alpha value is -0.520. The molecule has 66 heavy (non-hydrogen) atoms. The second-order valence-electron chi connectivity index (χ2n) is 19.7. The summed E-state index contributed by atoms with van der Waals surface area (Å²) in [7, 11) is 8.65. The molecule has 0 aromatic rings. The zero-order valence-corrected chi connectivity index (χ0v) is 46.1. The van der Waals surface area contributed by atoms with Crippen LogP contribution in [-0.2, 0) is 14.2 Å². The highest BCUT2D eigenvalue weighted by Gasteiger charge is 2.13. The molecule has 0 bridgehead atoms. The molecule has 8 saturated heterocycles. The van der Waals surface area contributed by atoms with Crippen LogP contribution in [0, 0.1) is 0 Å². The molecule has 13 heteroatoms. The number of likely N-dealkylation sites (N-methyl/N-ethyl adjacent to an activating group) is 6. The van der Waals surface area contributed by atoms with Crippen LogP contribution in [0.2, 0.25) is 0 Å². The zero-order valence-electron chi connectivity index (χ0n) is 46.1. The van der Waals surface area contributed by atoms with Gasteiger partial charge in [0, 0.05) is 91.6 Å². The van der Waals surface area contributed by atoms with Gasteiger partial charge in [0.1, 0.15) is 0 Å². The van der Waals surface area contributed by atoms with Crippen molar-refractivity contribution >= 4 is 0 Å². The van der Waals surface area contributed by atoms with Gasteiger partial charge in [-0.25, -0.2) is 0 Å². The first-order valence-corrected chi connectivity index (χ1v) is 28.0.